The average molecular weight is 455 g/mol. The molecule has 0 aliphatic heterocycles. The Morgan fingerprint density at radius 1 is 1.13 bits per heavy atom. The van der Waals surface area contributed by atoms with Crippen molar-refractivity contribution < 1.29 is 17.6 Å². The molecule has 0 bridgehead atoms. The number of hydrogen-bond donors (Lipinski definition) is 1. The van der Waals surface area contributed by atoms with Gasteiger partial charge >= 0.3 is 0 Å². The molecule has 5 nitrogen and oxygen atoms in total. The molecule has 164 valence electrons. The van der Waals surface area contributed by atoms with Crippen LogP contribution in [0.5, 0.6) is 0 Å². The van der Waals surface area contributed by atoms with Crippen LogP contribution in [0.25, 0.3) is 0 Å². The fourth-order valence-corrected chi connectivity index (χ4v) is 4.90. The number of aryl methyl sites for hydroxylation is 3. The van der Waals surface area contributed by atoms with E-state index in [4.69, 9.17) is 11.6 Å². The van der Waals surface area contributed by atoms with E-state index in [9.17, 15) is 17.6 Å². The van der Waals surface area contributed by atoms with Gasteiger partial charge in [-0.05, 0) is 74.6 Å². The number of hydrogen-bond acceptors (Lipinski definition) is 3. The van der Waals surface area contributed by atoms with Crippen molar-refractivity contribution in [2.75, 3.05) is 10.6 Å². The molecule has 0 spiro atoms. The van der Waals surface area contributed by atoms with Gasteiger partial charge in [0.15, 0.2) is 0 Å². The normalized spacial score (nSPS) is 13.6. The first kappa shape index (κ1) is 24.2. The molecule has 2 atom stereocenters. The van der Waals surface area contributed by atoms with E-state index >= 15 is 0 Å². The van der Waals surface area contributed by atoms with Crippen LogP contribution in [0.1, 0.15) is 48.6 Å². The summed E-state index contributed by atoms with van der Waals surface area (Å²) in [6, 6.07) is 6.37. The van der Waals surface area contributed by atoms with Crippen LogP contribution in [0.4, 0.5) is 10.1 Å². The summed E-state index contributed by atoms with van der Waals surface area (Å²) in [5, 5.41) is 2.72. The Hall–Kier alpha value is -2.12. The van der Waals surface area contributed by atoms with Gasteiger partial charge in [0.05, 0.1) is 23.0 Å². The molecule has 8 heteroatoms. The molecule has 0 heterocycles. The first-order valence-corrected chi connectivity index (χ1v) is 11.9. The van der Waals surface area contributed by atoms with Crippen LogP contribution in [0.3, 0.4) is 0 Å². The average Bonchev–Trinajstić information content (AvgIpc) is 2.63. The predicted molar refractivity (Wildman–Crippen MR) is 120 cm³/mol. The lowest BCUT2D eigenvalue weighted by Gasteiger charge is -2.31. The fraction of sp³-hybridized carbons (Fsp3) is 0.409. The molecular weight excluding hydrogens is 427 g/mol. The number of nitrogens with one attached hydrogen (secondary N) is 1. The number of carbonyl (C=O) groups is 1. The van der Waals surface area contributed by atoms with E-state index < -0.39 is 27.8 Å². The molecule has 0 fully saturated rings. The van der Waals surface area contributed by atoms with E-state index in [-0.39, 0.29) is 23.2 Å². The largest absolute Gasteiger partial charge is 0.348 e. The molecule has 0 aliphatic rings. The van der Waals surface area contributed by atoms with Crippen LogP contribution in [0.15, 0.2) is 30.3 Å². The van der Waals surface area contributed by atoms with Gasteiger partial charge in [0, 0.05) is 0 Å². The summed E-state index contributed by atoms with van der Waals surface area (Å²) in [5.41, 5.74) is 4.43. The molecule has 2 aromatic carbocycles. The van der Waals surface area contributed by atoms with Gasteiger partial charge < -0.3 is 5.32 Å². The molecule has 0 radical (unpaired) electrons. The molecule has 0 saturated carbocycles. The molecule has 1 amide bonds. The number of halogens is 2. The van der Waals surface area contributed by atoms with Gasteiger partial charge in [0.2, 0.25) is 15.9 Å². The van der Waals surface area contributed by atoms with E-state index in [1.165, 1.54) is 12.1 Å². The Morgan fingerprint density at radius 3 is 2.27 bits per heavy atom. The smallest absolute Gasteiger partial charge is 0.244 e. The second-order valence-electron chi connectivity index (χ2n) is 7.60. The minimum atomic E-state index is -3.83. The molecule has 0 unspecified atom stereocenters. The Labute approximate surface area is 183 Å². The minimum Gasteiger partial charge on any atom is -0.348 e. The number of sulfonamides is 1. The summed E-state index contributed by atoms with van der Waals surface area (Å²) in [7, 11) is -3.83. The molecule has 30 heavy (non-hydrogen) atoms. The van der Waals surface area contributed by atoms with Gasteiger partial charge in [-0.25, -0.2) is 12.8 Å². The second kappa shape index (κ2) is 9.35. The molecule has 1 N–H and O–H groups in total. The maximum Gasteiger partial charge on any atom is 0.244 e. The molecule has 0 aliphatic carbocycles. The molecule has 0 saturated heterocycles. The standard InChI is InChI=1S/C22H28ClFN2O3S/c1-7-21(26(30(6,28)29)17-8-9-20(24)19(23)12-17)22(27)25-16(5)18-11-14(3)13(2)10-15(18)4/h8-12,16,21H,7H2,1-6H3,(H,25,27)/t16-,21-/m0/s1. The summed E-state index contributed by atoms with van der Waals surface area (Å²) in [4.78, 5) is 13.1. The first-order valence-electron chi connectivity index (χ1n) is 9.69. The van der Waals surface area contributed by atoms with Crippen LogP contribution >= 0.6 is 11.6 Å². The van der Waals surface area contributed by atoms with Crippen LogP contribution in [-0.4, -0.2) is 26.6 Å². The SMILES string of the molecule is CC[C@@H](C(=O)N[C@@H](C)c1cc(C)c(C)cc1C)N(c1ccc(F)c(Cl)c1)S(C)(=O)=O. The zero-order valence-electron chi connectivity index (χ0n) is 18.1. The minimum absolute atomic E-state index is 0.140. The van der Waals surface area contributed by atoms with Gasteiger partial charge in [-0.15, -0.1) is 0 Å². The van der Waals surface area contributed by atoms with Crippen molar-refractivity contribution in [1.29, 1.82) is 0 Å². The van der Waals surface area contributed by atoms with Crippen molar-refractivity contribution in [1.82, 2.24) is 5.32 Å². The number of anilines is 1. The van der Waals surface area contributed by atoms with E-state index in [0.717, 1.165) is 38.9 Å². The van der Waals surface area contributed by atoms with Crippen LogP contribution < -0.4 is 9.62 Å². The Balaban J connectivity index is 2.38. The van der Waals surface area contributed by atoms with Gasteiger partial charge in [0.1, 0.15) is 11.9 Å². The number of rotatable bonds is 7. The molecule has 2 aromatic rings. The monoisotopic (exact) mass is 454 g/mol. The lowest BCUT2D eigenvalue weighted by Crippen LogP contribution is -2.49. The lowest BCUT2D eigenvalue weighted by molar-refractivity contribution is -0.122. The van der Waals surface area contributed by atoms with E-state index in [0.29, 0.717) is 0 Å². The van der Waals surface area contributed by atoms with Gasteiger partial charge in [-0.1, -0.05) is 30.7 Å². The highest BCUT2D eigenvalue weighted by Crippen LogP contribution is 2.28. The van der Waals surface area contributed by atoms with E-state index in [2.05, 4.69) is 11.4 Å². The van der Waals surface area contributed by atoms with Gasteiger partial charge in [0.25, 0.3) is 0 Å². The number of nitrogens with zero attached hydrogens (tertiary/aromatic N) is 1. The third-order valence-electron chi connectivity index (χ3n) is 5.20. The third-order valence-corrected chi connectivity index (χ3v) is 6.66. The summed E-state index contributed by atoms with van der Waals surface area (Å²) in [5.74, 6) is -1.10. The van der Waals surface area contributed by atoms with Crippen molar-refractivity contribution in [2.24, 2.45) is 0 Å². The topological polar surface area (TPSA) is 66.5 Å². The Morgan fingerprint density at radius 2 is 1.73 bits per heavy atom. The van der Waals surface area contributed by atoms with Crippen LogP contribution in [-0.2, 0) is 14.8 Å². The highest BCUT2D eigenvalue weighted by atomic mass is 35.5. The molecular formula is C22H28ClFN2O3S. The first-order chi connectivity index (χ1) is 13.9. The van der Waals surface area contributed by atoms with Crippen LogP contribution in [0, 0.1) is 26.6 Å². The maximum absolute atomic E-state index is 13.6. The summed E-state index contributed by atoms with van der Waals surface area (Å²) in [6.45, 7) is 9.59. The van der Waals surface area contributed by atoms with Crippen molar-refractivity contribution in [3.8, 4) is 0 Å². The van der Waals surface area contributed by atoms with Gasteiger partial charge in [-0.3, -0.25) is 9.10 Å². The van der Waals surface area contributed by atoms with Crippen molar-refractivity contribution in [2.45, 2.75) is 53.1 Å². The fourth-order valence-electron chi connectivity index (χ4n) is 3.52. The summed E-state index contributed by atoms with van der Waals surface area (Å²) >= 11 is 5.85. The zero-order valence-corrected chi connectivity index (χ0v) is 19.7. The van der Waals surface area contributed by atoms with E-state index in [1.54, 1.807) is 6.92 Å². The third kappa shape index (κ3) is 5.32. The number of carbonyl (C=O) groups excluding carboxylic acids is 1. The number of amides is 1. The Kier molecular flexibility index (Phi) is 7.53. The maximum atomic E-state index is 13.6. The number of benzene rings is 2. The zero-order chi connectivity index (χ0) is 22.8. The highest BCUT2D eigenvalue weighted by Gasteiger charge is 2.32. The van der Waals surface area contributed by atoms with E-state index in [1.807, 2.05) is 33.8 Å². The van der Waals surface area contributed by atoms with Gasteiger partial charge in [-0.2, -0.15) is 0 Å². The molecule has 2 rings (SSSR count). The second-order valence-corrected chi connectivity index (χ2v) is 9.87. The summed E-state index contributed by atoms with van der Waals surface area (Å²) in [6.07, 6.45) is 1.24. The summed E-state index contributed by atoms with van der Waals surface area (Å²) < 4.78 is 39.6. The lowest BCUT2D eigenvalue weighted by atomic mass is 9.96. The quantitative estimate of drug-likeness (QED) is 0.651. The van der Waals surface area contributed by atoms with Crippen molar-refractivity contribution in [3.05, 3.63) is 63.4 Å². The van der Waals surface area contributed by atoms with Crippen molar-refractivity contribution in [3.63, 3.8) is 0 Å². The predicted octanol–water partition coefficient (Wildman–Crippen LogP) is 4.83. The Bertz CT molecular complexity index is 1060. The highest BCUT2D eigenvalue weighted by molar-refractivity contribution is 7.92. The molecule has 0 aromatic heterocycles. The van der Waals surface area contributed by atoms with Crippen LogP contribution in [0.2, 0.25) is 5.02 Å². The van der Waals surface area contributed by atoms with Crippen molar-refractivity contribution >= 4 is 33.2 Å².